The second-order valence-corrected chi connectivity index (χ2v) is 4.89. The van der Waals surface area contributed by atoms with E-state index in [1.165, 1.54) is 23.3 Å². The number of halogens is 1. The first-order valence-corrected chi connectivity index (χ1v) is 6.27. The second-order valence-electron chi connectivity index (χ2n) is 4.89. The second kappa shape index (κ2) is 4.50. The third kappa shape index (κ3) is 2.12. The van der Waals surface area contributed by atoms with E-state index in [2.05, 4.69) is 0 Å². The summed E-state index contributed by atoms with van der Waals surface area (Å²) in [7, 11) is 0. The molecule has 0 saturated heterocycles. The average molecular weight is 255 g/mol. The Morgan fingerprint density at radius 1 is 1.11 bits per heavy atom. The Balaban J connectivity index is 1.87. The molecule has 0 aliphatic carbocycles. The summed E-state index contributed by atoms with van der Waals surface area (Å²) in [6, 6.07) is 12.3. The smallest absolute Gasteiger partial charge is 0.254 e. The fourth-order valence-electron chi connectivity index (χ4n) is 2.51. The molecule has 0 fully saturated rings. The zero-order valence-corrected chi connectivity index (χ0v) is 10.7. The maximum absolute atomic E-state index is 13.1. The Kier molecular flexibility index (Phi) is 2.82. The summed E-state index contributed by atoms with van der Waals surface area (Å²) in [4.78, 5) is 14.2. The van der Waals surface area contributed by atoms with Crippen LogP contribution >= 0.6 is 0 Å². The van der Waals surface area contributed by atoms with Crippen LogP contribution in [0.3, 0.4) is 0 Å². The zero-order valence-electron chi connectivity index (χ0n) is 10.7. The third-order valence-corrected chi connectivity index (χ3v) is 3.55. The van der Waals surface area contributed by atoms with Crippen molar-refractivity contribution >= 4 is 5.91 Å². The first kappa shape index (κ1) is 11.9. The number of amides is 1. The van der Waals surface area contributed by atoms with E-state index in [0.29, 0.717) is 24.2 Å². The number of hydrogen-bond donors (Lipinski definition) is 0. The molecule has 0 radical (unpaired) electrons. The van der Waals surface area contributed by atoms with Crippen LogP contribution in [0.1, 0.15) is 27.0 Å². The van der Waals surface area contributed by atoms with Crippen molar-refractivity contribution in [3.8, 4) is 0 Å². The van der Waals surface area contributed by atoms with E-state index in [-0.39, 0.29) is 11.7 Å². The van der Waals surface area contributed by atoms with Crippen LogP contribution in [0.25, 0.3) is 0 Å². The highest BCUT2D eigenvalue weighted by atomic mass is 19.1. The van der Waals surface area contributed by atoms with E-state index in [1.807, 2.05) is 24.3 Å². The summed E-state index contributed by atoms with van der Waals surface area (Å²) >= 11 is 0. The van der Waals surface area contributed by atoms with E-state index in [1.54, 1.807) is 17.9 Å². The van der Waals surface area contributed by atoms with E-state index >= 15 is 0 Å². The van der Waals surface area contributed by atoms with E-state index in [0.717, 1.165) is 0 Å². The number of nitrogens with zero attached hydrogens (tertiary/aromatic N) is 1. The van der Waals surface area contributed by atoms with Crippen molar-refractivity contribution in [2.75, 3.05) is 0 Å². The van der Waals surface area contributed by atoms with Crippen molar-refractivity contribution < 1.29 is 9.18 Å². The Morgan fingerprint density at radius 2 is 1.74 bits per heavy atom. The molecule has 0 aromatic heterocycles. The molecule has 96 valence electrons. The summed E-state index contributed by atoms with van der Waals surface area (Å²) in [6.45, 7) is 3.02. The van der Waals surface area contributed by atoms with Gasteiger partial charge < -0.3 is 4.90 Å². The monoisotopic (exact) mass is 255 g/mol. The average Bonchev–Trinajstić information content (AvgIpc) is 2.81. The molecule has 0 spiro atoms. The molecule has 2 aromatic carbocycles. The number of carbonyl (C=O) groups excluding carboxylic acids is 1. The van der Waals surface area contributed by atoms with Crippen LogP contribution in [0.15, 0.2) is 42.5 Å². The number of aryl methyl sites for hydroxylation is 1. The van der Waals surface area contributed by atoms with Crippen molar-refractivity contribution in [2.45, 2.75) is 20.0 Å². The van der Waals surface area contributed by atoms with Gasteiger partial charge in [-0.1, -0.05) is 24.3 Å². The van der Waals surface area contributed by atoms with Gasteiger partial charge in [0.05, 0.1) is 0 Å². The summed E-state index contributed by atoms with van der Waals surface area (Å²) in [6.07, 6.45) is 0. The van der Waals surface area contributed by atoms with Gasteiger partial charge in [-0.3, -0.25) is 4.79 Å². The van der Waals surface area contributed by atoms with Crippen molar-refractivity contribution in [3.63, 3.8) is 0 Å². The van der Waals surface area contributed by atoms with Crippen LogP contribution in [0.2, 0.25) is 0 Å². The van der Waals surface area contributed by atoms with Crippen LogP contribution in [-0.2, 0) is 13.1 Å². The molecule has 2 aromatic rings. The first-order valence-electron chi connectivity index (χ1n) is 6.27. The normalized spacial score (nSPS) is 13.5. The largest absolute Gasteiger partial charge is 0.330 e. The minimum atomic E-state index is -0.307. The lowest BCUT2D eigenvalue weighted by Crippen LogP contribution is -2.26. The van der Waals surface area contributed by atoms with Crippen LogP contribution in [-0.4, -0.2) is 10.8 Å². The summed E-state index contributed by atoms with van der Waals surface area (Å²) in [5.74, 6) is -0.340. The quantitative estimate of drug-likeness (QED) is 0.765. The highest BCUT2D eigenvalue weighted by Crippen LogP contribution is 2.24. The van der Waals surface area contributed by atoms with Gasteiger partial charge in [-0.15, -0.1) is 0 Å². The van der Waals surface area contributed by atoms with Crippen LogP contribution in [0.5, 0.6) is 0 Å². The van der Waals surface area contributed by atoms with Gasteiger partial charge in [0.1, 0.15) is 5.82 Å². The molecular weight excluding hydrogens is 241 g/mol. The van der Waals surface area contributed by atoms with Crippen molar-refractivity contribution in [1.82, 2.24) is 4.90 Å². The molecule has 1 aliphatic heterocycles. The van der Waals surface area contributed by atoms with Crippen LogP contribution in [0, 0.1) is 12.7 Å². The van der Waals surface area contributed by atoms with E-state index in [4.69, 9.17) is 0 Å². The summed E-state index contributed by atoms with van der Waals surface area (Å²) < 4.78 is 13.1. The lowest BCUT2D eigenvalue weighted by Gasteiger charge is -2.16. The fourth-order valence-corrected chi connectivity index (χ4v) is 2.51. The summed E-state index contributed by atoms with van der Waals surface area (Å²) in [5, 5.41) is 0. The predicted molar refractivity (Wildman–Crippen MR) is 71.2 cm³/mol. The van der Waals surface area contributed by atoms with Crippen molar-refractivity contribution in [2.24, 2.45) is 0 Å². The lowest BCUT2D eigenvalue weighted by atomic mass is 10.1. The predicted octanol–water partition coefficient (Wildman–Crippen LogP) is 3.29. The molecule has 0 N–H and O–H groups in total. The summed E-state index contributed by atoms with van der Waals surface area (Å²) in [5.41, 5.74) is 3.64. The molecule has 0 atom stereocenters. The van der Waals surface area contributed by atoms with Gasteiger partial charge in [-0.05, 0) is 41.8 Å². The first-order chi connectivity index (χ1) is 9.15. The number of fused-ring (bicyclic) bond motifs is 1. The number of carbonyl (C=O) groups is 1. The Hall–Kier alpha value is -2.16. The van der Waals surface area contributed by atoms with E-state index in [9.17, 15) is 9.18 Å². The van der Waals surface area contributed by atoms with Crippen LogP contribution in [0.4, 0.5) is 4.39 Å². The molecule has 1 amide bonds. The Bertz CT molecular complexity index is 626. The highest BCUT2D eigenvalue weighted by Gasteiger charge is 2.24. The molecule has 19 heavy (non-hydrogen) atoms. The standard InChI is InChI=1S/C16H14FNO/c1-11-8-14(17)6-7-15(11)16(19)18-9-12-4-2-3-5-13(12)10-18/h2-8H,9-10H2,1H3. The molecule has 3 rings (SSSR count). The topological polar surface area (TPSA) is 20.3 Å². The minimum Gasteiger partial charge on any atom is -0.330 e. The number of rotatable bonds is 1. The molecule has 0 saturated carbocycles. The molecule has 0 bridgehead atoms. The number of benzene rings is 2. The van der Waals surface area contributed by atoms with Crippen molar-refractivity contribution in [1.29, 1.82) is 0 Å². The van der Waals surface area contributed by atoms with Gasteiger partial charge in [0.15, 0.2) is 0 Å². The molecule has 3 heteroatoms. The maximum Gasteiger partial charge on any atom is 0.254 e. The van der Waals surface area contributed by atoms with Gasteiger partial charge in [0, 0.05) is 18.7 Å². The highest BCUT2D eigenvalue weighted by molar-refractivity contribution is 5.95. The van der Waals surface area contributed by atoms with Gasteiger partial charge in [-0.25, -0.2) is 4.39 Å². The van der Waals surface area contributed by atoms with E-state index < -0.39 is 0 Å². The Labute approximate surface area is 111 Å². The molecule has 2 nitrogen and oxygen atoms in total. The van der Waals surface area contributed by atoms with Gasteiger partial charge in [0.25, 0.3) is 5.91 Å². The lowest BCUT2D eigenvalue weighted by molar-refractivity contribution is 0.0750. The van der Waals surface area contributed by atoms with Gasteiger partial charge in [0.2, 0.25) is 0 Å². The van der Waals surface area contributed by atoms with Gasteiger partial charge >= 0.3 is 0 Å². The van der Waals surface area contributed by atoms with Gasteiger partial charge in [-0.2, -0.15) is 0 Å². The van der Waals surface area contributed by atoms with Crippen LogP contribution < -0.4 is 0 Å². The SMILES string of the molecule is Cc1cc(F)ccc1C(=O)N1Cc2ccccc2C1. The molecular formula is C16H14FNO. The zero-order chi connectivity index (χ0) is 13.4. The fraction of sp³-hybridized carbons (Fsp3) is 0.188. The molecule has 0 unspecified atom stereocenters. The minimum absolute atomic E-state index is 0.0336. The maximum atomic E-state index is 13.1. The third-order valence-electron chi connectivity index (χ3n) is 3.55. The van der Waals surface area contributed by atoms with Crippen molar-refractivity contribution in [3.05, 3.63) is 70.5 Å². The number of hydrogen-bond acceptors (Lipinski definition) is 1. The Morgan fingerprint density at radius 3 is 2.32 bits per heavy atom. The molecule has 1 aliphatic rings. The molecule has 1 heterocycles.